The average Bonchev–Trinajstić information content (AvgIpc) is 2.84. The van der Waals surface area contributed by atoms with Gasteiger partial charge in [-0.3, -0.25) is 9.69 Å². The molecule has 1 fully saturated rings. The van der Waals surface area contributed by atoms with E-state index in [2.05, 4.69) is 47.4 Å². The van der Waals surface area contributed by atoms with Crippen molar-refractivity contribution in [3.8, 4) is 0 Å². The molecule has 0 saturated carbocycles. The van der Waals surface area contributed by atoms with Crippen LogP contribution in [0.5, 0.6) is 0 Å². The maximum absolute atomic E-state index is 11.3. The van der Waals surface area contributed by atoms with Gasteiger partial charge in [0, 0.05) is 24.2 Å². The third-order valence-electron chi connectivity index (χ3n) is 5.18. The first-order valence-electron chi connectivity index (χ1n) is 8.40. The third kappa shape index (κ3) is 2.75. The molecule has 0 amide bonds. The molecule has 0 spiro atoms. The molecule has 2 unspecified atom stereocenters. The second-order valence-electron chi connectivity index (χ2n) is 6.56. The number of nitrogens with zero attached hydrogens (tertiary/aromatic N) is 1. The highest BCUT2D eigenvalue weighted by atomic mass is 16.1. The summed E-state index contributed by atoms with van der Waals surface area (Å²) in [5.74, 6) is 0. The van der Waals surface area contributed by atoms with Gasteiger partial charge in [-0.2, -0.15) is 0 Å². The van der Waals surface area contributed by atoms with Gasteiger partial charge in [-0.25, -0.2) is 0 Å². The van der Waals surface area contributed by atoms with Gasteiger partial charge in [0.1, 0.15) is 0 Å². The van der Waals surface area contributed by atoms with Gasteiger partial charge in [0.2, 0.25) is 0 Å². The lowest BCUT2D eigenvalue weighted by Gasteiger charge is -2.34. The Morgan fingerprint density at radius 2 is 1.78 bits per heavy atom. The molecule has 2 aromatic rings. The highest BCUT2D eigenvalue weighted by Gasteiger charge is 2.36. The summed E-state index contributed by atoms with van der Waals surface area (Å²) in [6.45, 7) is 1.02. The van der Waals surface area contributed by atoms with E-state index in [0.717, 1.165) is 30.4 Å². The number of carbonyl (C=O) groups is 1. The van der Waals surface area contributed by atoms with Gasteiger partial charge in [-0.05, 0) is 36.0 Å². The molecule has 2 aromatic carbocycles. The Morgan fingerprint density at radius 3 is 2.57 bits per heavy atom. The van der Waals surface area contributed by atoms with Crippen LogP contribution in [-0.4, -0.2) is 23.3 Å². The van der Waals surface area contributed by atoms with Crippen molar-refractivity contribution in [2.45, 2.75) is 37.9 Å². The second kappa shape index (κ2) is 6.13. The maximum atomic E-state index is 11.3. The van der Waals surface area contributed by atoms with Crippen molar-refractivity contribution in [3.63, 3.8) is 0 Å². The van der Waals surface area contributed by atoms with Crippen molar-refractivity contribution in [2.24, 2.45) is 0 Å². The highest BCUT2D eigenvalue weighted by Crippen LogP contribution is 2.39. The number of carbonyl (C=O) groups excluding carboxylic acids is 1. The van der Waals surface area contributed by atoms with Crippen LogP contribution in [0.15, 0.2) is 60.7 Å². The number of rotatable bonds is 4. The molecule has 0 aromatic heterocycles. The van der Waals surface area contributed by atoms with Crippen molar-refractivity contribution in [3.05, 3.63) is 77.4 Å². The van der Waals surface area contributed by atoms with Gasteiger partial charge < -0.3 is 0 Å². The number of fused-ring (bicyclic) bond motifs is 2. The van der Waals surface area contributed by atoms with E-state index in [1.54, 1.807) is 0 Å². The molecule has 0 N–H and O–H groups in total. The quantitative estimate of drug-likeness (QED) is 0.784. The summed E-state index contributed by atoms with van der Waals surface area (Å²) < 4.78 is 0. The largest absolute Gasteiger partial charge is 0.298 e. The lowest BCUT2D eigenvalue weighted by atomic mass is 9.91. The summed E-state index contributed by atoms with van der Waals surface area (Å²) in [7, 11) is 0. The Kier molecular flexibility index (Phi) is 3.84. The number of aldehydes is 1. The first kappa shape index (κ1) is 14.4. The van der Waals surface area contributed by atoms with Gasteiger partial charge >= 0.3 is 0 Å². The Balaban J connectivity index is 1.61. The first-order chi connectivity index (χ1) is 11.3. The molecule has 23 heavy (non-hydrogen) atoms. The monoisotopic (exact) mass is 303 g/mol. The minimum absolute atomic E-state index is 0.503. The number of hydrogen-bond acceptors (Lipinski definition) is 2. The zero-order valence-corrected chi connectivity index (χ0v) is 13.2. The Labute approximate surface area is 137 Å². The third-order valence-corrected chi connectivity index (χ3v) is 5.18. The molecular weight excluding hydrogens is 282 g/mol. The van der Waals surface area contributed by atoms with Crippen LogP contribution in [0.25, 0.3) is 5.57 Å². The van der Waals surface area contributed by atoms with E-state index >= 15 is 0 Å². The van der Waals surface area contributed by atoms with Gasteiger partial charge in [0.25, 0.3) is 0 Å². The molecule has 2 bridgehead atoms. The van der Waals surface area contributed by atoms with Crippen LogP contribution in [0.3, 0.4) is 0 Å². The molecule has 0 aliphatic carbocycles. The lowest BCUT2D eigenvalue weighted by molar-refractivity contribution is 0.112. The fourth-order valence-corrected chi connectivity index (χ4v) is 4.05. The van der Waals surface area contributed by atoms with E-state index in [4.69, 9.17) is 0 Å². The number of benzene rings is 2. The van der Waals surface area contributed by atoms with Crippen LogP contribution in [0, 0.1) is 0 Å². The van der Waals surface area contributed by atoms with Crippen molar-refractivity contribution in [1.82, 2.24) is 4.90 Å². The molecule has 116 valence electrons. The molecular formula is C21H21NO. The molecule has 2 atom stereocenters. The summed E-state index contributed by atoms with van der Waals surface area (Å²) in [6.07, 6.45) is 6.91. The standard InChI is InChI=1S/C21H21NO/c23-15-17-8-4-5-9-21(17)18-12-19-10-11-20(13-18)22(19)14-16-6-2-1-3-7-16/h1-9,12,15,19-20H,10-11,13-14H2. The van der Waals surface area contributed by atoms with E-state index < -0.39 is 0 Å². The SMILES string of the molecule is O=Cc1ccccc1C1=CC2CCC(C1)N2Cc1ccccc1. The maximum Gasteiger partial charge on any atom is 0.150 e. The summed E-state index contributed by atoms with van der Waals surface area (Å²) in [6, 6.07) is 19.8. The molecule has 2 aliphatic heterocycles. The molecule has 2 heterocycles. The van der Waals surface area contributed by atoms with Crippen LogP contribution in [-0.2, 0) is 6.54 Å². The van der Waals surface area contributed by atoms with Crippen LogP contribution in [0.1, 0.15) is 40.7 Å². The molecule has 4 rings (SSSR count). The topological polar surface area (TPSA) is 20.3 Å². The van der Waals surface area contributed by atoms with Crippen molar-refractivity contribution in [2.75, 3.05) is 0 Å². The fraction of sp³-hybridized carbons (Fsp3) is 0.286. The van der Waals surface area contributed by atoms with E-state index in [-0.39, 0.29) is 0 Å². The van der Waals surface area contributed by atoms with Crippen LogP contribution in [0.4, 0.5) is 0 Å². The lowest BCUT2D eigenvalue weighted by Crippen LogP contribution is -2.37. The van der Waals surface area contributed by atoms with Crippen LogP contribution >= 0.6 is 0 Å². The van der Waals surface area contributed by atoms with Crippen molar-refractivity contribution < 1.29 is 4.79 Å². The zero-order valence-electron chi connectivity index (χ0n) is 13.2. The van der Waals surface area contributed by atoms with Crippen LogP contribution in [0.2, 0.25) is 0 Å². The Hall–Kier alpha value is -2.19. The smallest absolute Gasteiger partial charge is 0.150 e. The van der Waals surface area contributed by atoms with Crippen LogP contribution < -0.4 is 0 Å². The van der Waals surface area contributed by atoms with Gasteiger partial charge in [0.15, 0.2) is 6.29 Å². The predicted octanol–water partition coefficient (Wildman–Crippen LogP) is 4.32. The summed E-state index contributed by atoms with van der Waals surface area (Å²) in [5, 5.41) is 0. The van der Waals surface area contributed by atoms with Gasteiger partial charge in [-0.1, -0.05) is 60.7 Å². The van der Waals surface area contributed by atoms with Crippen molar-refractivity contribution >= 4 is 11.9 Å². The fourth-order valence-electron chi connectivity index (χ4n) is 4.05. The van der Waals surface area contributed by atoms with E-state index in [1.165, 1.54) is 24.0 Å². The minimum Gasteiger partial charge on any atom is -0.298 e. The Morgan fingerprint density at radius 1 is 1.00 bits per heavy atom. The van der Waals surface area contributed by atoms with Crippen molar-refractivity contribution in [1.29, 1.82) is 0 Å². The Bertz CT molecular complexity index is 735. The molecule has 0 radical (unpaired) electrons. The summed E-state index contributed by atoms with van der Waals surface area (Å²) in [5.41, 5.74) is 4.67. The normalized spacial score (nSPS) is 23.6. The van der Waals surface area contributed by atoms with E-state index in [9.17, 15) is 4.79 Å². The predicted molar refractivity (Wildman–Crippen MR) is 93.2 cm³/mol. The second-order valence-corrected chi connectivity index (χ2v) is 6.56. The van der Waals surface area contributed by atoms with Gasteiger partial charge in [-0.15, -0.1) is 0 Å². The highest BCUT2D eigenvalue weighted by molar-refractivity contribution is 5.86. The zero-order chi connectivity index (χ0) is 15.6. The first-order valence-corrected chi connectivity index (χ1v) is 8.40. The van der Waals surface area contributed by atoms with Gasteiger partial charge in [0.05, 0.1) is 0 Å². The molecule has 1 saturated heterocycles. The minimum atomic E-state index is 0.503. The molecule has 2 nitrogen and oxygen atoms in total. The summed E-state index contributed by atoms with van der Waals surface area (Å²) >= 11 is 0. The summed E-state index contributed by atoms with van der Waals surface area (Å²) in [4.78, 5) is 13.9. The average molecular weight is 303 g/mol. The molecule has 2 aliphatic rings. The van der Waals surface area contributed by atoms with E-state index in [0.29, 0.717) is 12.1 Å². The molecule has 2 heteroatoms. The number of hydrogen-bond donors (Lipinski definition) is 0. The van der Waals surface area contributed by atoms with E-state index in [1.807, 2.05) is 18.2 Å².